The Morgan fingerprint density at radius 1 is 1.42 bits per heavy atom. The molecule has 10 heteroatoms. The molecular formula is C16H15ClFN5O2S. The lowest BCUT2D eigenvalue weighted by atomic mass is 10.2. The van der Waals surface area contributed by atoms with Crippen LogP contribution in [0.3, 0.4) is 0 Å². The number of nitrogens with zero attached hydrogens (tertiary/aromatic N) is 4. The lowest BCUT2D eigenvalue weighted by molar-refractivity contribution is 0.112. The van der Waals surface area contributed by atoms with E-state index in [1.54, 1.807) is 21.0 Å². The zero-order valence-corrected chi connectivity index (χ0v) is 15.1. The average molecular weight is 396 g/mol. The fourth-order valence-electron chi connectivity index (χ4n) is 3.00. The highest BCUT2D eigenvalue weighted by molar-refractivity contribution is 7.12. The smallest absolute Gasteiger partial charge is 0.201 e. The van der Waals surface area contributed by atoms with Crippen molar-refractivity contribution in [1.29, 1.82) is 0 Å². The first kappa shape index (κ1) is 18.4. The number of hydrogen-bond acceptors (Lipinski definition) is 7. The number of anilines is 1. The molecule has 0 aromatic carbocycles. The molecule has 1 unspecified atom stereocenters. The molecule has 0 spiro atoms. The van der Waals surface area contributed by atoms with E-state index in [0.717, 1.165) is 12.5 Å². The van der Waals surface area contributed by atoms with Crippen molar-refractivity contribution in [3.05, 3.63) is 45.4 Å². The summed E-state index contributed by atoms with van der Waals surface area (Å²) >= 11 is 1.33. The van der Waals surface area contributed by atoms with Gasteiger partial charge in [-0.3, -0.25) is 14.2 Å². The largest absolute Gasteiger partial charge is 0.353 e. The van der Waals surface area contributed by atoms with E-state index in [1.807, 2.05) is 0 Å². The summed E-state index contributed by atoms with van der Waals surface area (Å²) in [6.45, 7) is 1.10. The van der Waals surface area contributed by atoms with Crippen molar-refractivity contribution >= 4 is 46.9 Å². The van der Waals surface area contributed by atoms with Crippen molar-refractivity contribution in [2.24, 2.45) is 5.73 Å². The maximum Gasteiger partial charge on any atom is 0.201 e. The molecule has 0 saturated carbocycles. The van der Waals surface area contributed by atoms with Crippen molar-refractivity contribution in [2.75, 3.05) is 18.0 Å². The van der Waals surface area contributed by atoms with Gasteiger partial charge in [0, 0.05) is 36.9 Å². The lowest BCUT2D eigenvalue weighted by Crippen LogP contribution is -2.28. The average Bonchev–Trinajstić information content (AvgIpc) is 3.27. The standard InChI is InChI=1S/C16H14FN5O2S.ClH/c17-12-5-11-13(24)9(8-23)6-22(16-19-2-4-25-16)14(11)20-15(12)21-3-1-10(18)7-21;/h2,4-6,8,10H,1,3,7,18H2;1H. The molecule has 1 fully saturated rings. The number of fused-ring (bicyclic) bond motifs is 1. The third-order valence-electron chi connectivity index (χ3n) is 4.22. The quantitative estimate of drug-likeness (QED) is 0.679. The lowest BCUT2D eigenvalue weighted by Gasteiger charge is -2.19. The first-order valence-electron chi connectivity index (χ1n) is 7.70. The van der Waals surface area contributed by atoms with Crippen molar-refractivity contribution in [1.82, 2.24) is 14.5 Å². The predicted molar refractivity (Wildman–Crippen MR) is 100 cm³/mol. The van der Waals surface area contributed by atoms with Crippen LogP contribution in [0.25, 0.3) is 16.2 Å². The van der Waals surface area contributed by atoms with Gasteiger partial charge in [-0.05, 0) is 12.5 Å². The molecule has 0 aliphatic carbocycles. The molecule has 26 heavy (non-hydrogen) atoms. The zero-order valence-electron chi connectivity index (χ0n) is 13.5. The van der Waals surface area contributed by atoms with Gasteiger partial charge in [0.2, 0.25) is 5.43 Å². The highest BCUT2D eigenvalue weighted by Crippen LogP contribution is 2.26. The normalized spacial score (nSPS) is 16.7. The number of hydrogen-bond donors (Lipinski definition) is 1. The van der Waals surface area contributed by atoms with Gasteiger partial charge in [-0.15, -0.1) is 23.7 Å². The molecular weight excluding hydrogens is 381 g/mol. The van der Waals surface area contributed by atoms with Gasteiger partial charge < -0.3 is 10.6 Å². The maximum absolute atomic E-state index is 14.6. The maximum atomic E-state index is 14.6. The number of nitrogens with two attached hydrogens (primary N) is 1. The molecule has 1 aliphatic rings. The van der Waals surface area contributed by atoms with E-state index in [4.69, 9.17) is 5.73 Å². The highest BCUT2D eigenvalue weighted by atomic mass is 35.5. The van der Waals surface area contributed by atoms with Crippen LogP contribution in [0.1, 0.15) is 16.8 Å². The van der Waals surface area contributed by atoms with Gasteiger partial charge in [0.1, 0.15) is 0 Å². The summed E-state index contributed by atoms with van der Waals surface area (Å²) in [6, 6.07) is 1.11. The summed E-state index contributed by atoms with van der Waals surface area (Å²) in [5, 5.41) is 2.35. The summed E-state index contributed by atoms with van der Waals surface area (Å²) in [4.78, 5) is 34.0. The Morgan fingerprint density at radius 3 is 2.85 bits per heavy atom. The number of carbonyl (C=O) groups is 1. The molecule has 2 N–H and O–H groups in total. The van der Waals surface area contributed by atoms with Crippen LogP contribution in [-0.2, 0) is 0 Å². The zero-order chi connectivity index (χ0) is 17.6. The Morgan fingerprint density at radius 2 is 2.23 bits per heavy atom. The Bertz CT molecular complexity index is 1020. The summed E-state index contributed by atoms with van der Waals surface area (Å²) in [5.74, 6) is -0.448. The number of rotatable bonds is 3. The Hall–Kier alpha value is -2.36. The van der Waals surface area contributed by atoms with Crippen LogP contribution in [0.4, 0.5) is 10.2 Å². The van der Waals surface area contributed by atoms with Crippen LogP contribution >= 0.6 is 23.7 Å². The van der Waals surface area contributed by atoms with Crippen molar-refractivity contribution < 1.29 is 9.18 Å². The summed E-state index contributed by atoms with van der Waals surface area (Å²) in [6.07, 6.45) is 4.20. The number of aromatic nitrogens is 3. The van der Waals surface area contributed by atoms with Crippen LogP contribution < -0.4 is 16.1 Å². The molecule has 3 aromatic rings. The number of halogens is 2. The topological polar surface area (TPSA) is 94.1 Å². The Balaban J connectivity index is 0.00000196. The second-order valence-electron chi connectivity index (χ2n) is 5.88. The molecule has 0 radical (unpaired) electrons. The fraction of sp³-hybridized carbons (Fsp3) is 0.250. The minimum atomic E-state index is -0.604. The summed E-state index contributed by atoms with van der Waals surface area (Å²) in [7, 11) is 0. The predicted octanol–water partition coefficient (Wildman–Crippen LogP) is 1.75. The van der Waals surface area contributed by atoms with E-state index >= 15 is 0 Å². The monoisotopic (exact) mass is 395 g/mol. The van der Waals surface area contributed by atoms with E-state index in [0.29, 0.717) is 24.5 Å². The second kappa shape index (κ2) is 7.10. The van der Waals surface area contributed by atoms with Crippen molar-refractivity contribution in [2.45, 2.75) is 12.5 Å². The van der Waals surface area contributed by atoms with Crippen LogP contribution in [0.2, 0.25) is 0 Å². The first-order chi connectivity index (χ1) is 12.1. The third kappa shape index (κ3) is 2.98. The molecule has 136 valence electrons. The van der Waals surface area contributed by atoms with Crippen molar-refractivity contribution in [3.8, 4) is 5.13 Å². The second-order valence-corrected chi connectivity index (χ2v) is 6.75. The molecule has 1 aliphatic heterocycles. The van der Waals surface area contributed by atoms with Gasteiger partial charge in [-0.2, -0.15) is 0 Å². The molecule has 0 amide bonds. The minimum absolute atomic E-state index is 0. The summed E-state index contributed by atoms with van der Waals surface area (Å²) < 4.78 is 16.1. The van der Waals surface area contributed by atoms with Gasteiger partial charge in [0.15, 0.2) is 28.7 Å². The number of thiazole rings is 1. The SMILES string of the molecule is Cl.NC1CCN(c2nc3c(cc2F)c(=O)c(C=O)cn3-c2nccs2)C1. The van der Waals surface area contributed by atoms with Gasteiger partial charge in [-0.25, -0.2) is 14.4 Å². The molecule has 7 nitrogen and oxygen atoms in total. The van der Waals surface area contributed by atoms with Crippen LogP contribution in [0, 0.1) is 5.82 Å². The van der Waals surface area contributed by atoms with E-state index < -0.39 is 11.2 Å². The fourth-order valence-corrected chi connectivity index (χ4v) is 3.62. The summed E-state index contributed by atoms with van der Waals surface area (Å²) in [5.41, 5.74) is 5.55. The highest BCUT2D eigenvalue weighted by Gasteiger charge is 2.25. The van der Waals surface area contributed by atoms with Crippen LogP contribution in [0.5, 0.6) is 0 Å². The molecule has 4 rings (SSSR count). The first-order valence-corrected chi connectivity index (χ1v) is 8.58. The molecule has 3 aromatic heterocycles. The van der Waals surface area contributed by atoms with E-state index in [2.05, 4.69) is 9.97 Å². The number of carbonyl (C=O) groups excluding carboxylic acids is 1. The van der Waals surface area contributed by atoms with E-state index in [9.17, 15) is 14.0 Å². The third-order valence-corrected chi connectivity index (χ3v) is 4.99. The molecule has 4 heterocycles. The molecule has 1 saturated heterocycles. The van der Waals surface area contributed by atoms with Crippen LogP contribution in [-0.4, -0.2) is 40.0 Å². The molecule has 0 bridgehead atoms. The van der Waals surface area contributed by atoms with Gasteiger partial charge >= 0.3 is 0 Å². The number of pyridine rings is 2. The Kier molecular flexibility index (Phi) is 5.03. The van der Waals surface area contributed by atoms with Crippen LogP contribution in [0.15, 0.2) is 28.6 Å². The van der Waals surface area contributed by atoms with E-state index in [-0.39, 0.29) is 40.9 Å². The van der Waals surface area contributed by atoms with Gasteiger partial charge in [-0.1, -0.05) is 0 Å². The Labute approximate surface area is 157 Å². The van der Waals surface area contributed by atoms with E-state index in [1.165, 1.54) is 17.5 Å². The minimum Gasteiger partial charge on any atom is -0.353 e. The molecule has 1 atom stereocenters. The van der Waals surface area contributed by atoms with Gasteiger partial charge in [0.05, 0.1) is 10.9 Å². The van der Waals surface area contributed by atoms with Crippen molar-refractivity contribution in [3.63, 3.8) is 0 Å². The van der Waals surface area contributed by atoms with Gasteiger partial charge in [0.25, 0.3) is 0 Å². The number of aldehydes is 1.